The number of aromatic amines is 1. The van der Waals surface area contributed by atoms with Gasteiger partial charge in [-0.05, 0) is 32.6 Å². The zero-order valence-corrected chi connectivity index (χ0v) is 13.5. The molecule has 1 atom stereocenters. The van der Waals surface area contributed by atoms with E-state index >= 15 is 0 Å². The quantitative estimate of drug-likeness (QED) is 0.640. The third kappa shape index (κ3) is 5.13. The van der Waals surface area contributed by atoms with Gasteiger partial charge in [-0.25, -0.2) is 13.1 Å². The molecule has 1 aromatic heterocycles. The lowest BCUT2D eigenvalue weighted by Crippen LogP contribution is -2.27. The monoisotopic (exact) mass is 317 g/mol. The van der Waals surface area contributed by atoms with Crippen molar-refractivity contribution < 1.29 is 18.3 Å². The molecular formula is C13H23N3O4S. The van der Waals surface area contributed by atoms with Crippen LogP contribution in [0.5, 0.6) is 0 Å². The second-order valence-electron chi connectivity index (χ2n) is 5.16. The van der Waals surface area contributed by atoms with Crippen LogP contribution < -0.4 is 4.72 Å². The van der Waals surface area contributed by atoms with Gasteiger partial charge in [0, 0.05) is 13.0 Å². The van der Waals surface area contributed by atoms with Crippen LogP contribution in [0.3, 0.4) is 0 Å². The summed E-state index contributed by atoms with van der Waals surface area (Å²) in [7, 11) is -3.57. The van der Waals surface area contributed by atoms with Gasteiger partial charge >= 0.3 is 5.97 Å². The average molecular weight is 317 g/mol. The topological polar surface area (TPSA) is 112 Å². The van der Waals surface area contributed by atoms with E-state index in [1.807, 2.05) is 6.92 Å². The van der Waals surface area contributed by atoms with Crippen molar-refractivity contribution in [1.82, 2.24) is 14.9 Å². The minimum atomic E-state index is -3.57. The van der Waals surface area contributed by atoms with Gasteiger partial charge in [0.05, 0.1) is 11.4 Å². The van der Waals surface area contributed by atoms with Gasteiger partial charge in [0.1, 0.15) is 4.90 Å². The number of aliphatic carboxylic acids is 1. The lowest BCUT2D eigenvalue weighted by Gasteiger charge is -2.14. The fourth-order valence-corrected chi connectivity index (χ4v) is 3.70. The first kappa shape index (κ1) is 17.6. The summed E-state index contributed by atoms with van der Waals surface area (Å²) in [5.41, 5.74) is 0.954. The van der Waals surface area contributed by atoms with Gasteiger partial charge in [0.15, 0.2) is 0 Å². The smallest absolute Gasteiger partial charge is 0.303 e. The van der Waals surface area contributed by atoms with Crippen LogP contribution in [0.4, 0.5) is 0 Å². The van der Waals surface area contributed by atoms with Crippen molar-refractivity contribution in [2.45, 2.75) is 51.3 Å². The number of aryl methyl sites for hydroxylation is 2. The Hall–Kier alpha value is -1.41. The van der Waals surface area contributed by atoms with E-state index in [4.69, 9.17) is 5.11 Å². The largest absolute Gasteiger partial charge is 0.481 e. The molecule has 21 heavy (non-hydrogen) atoms. The normalized spacial score (nSPS) is 13.3. The summed E-state index contributed by atoms with van der Waals surface area (Å²) in [6, 6.07) is 0. The SMILES string of the molecule is CCC(CCNS(=O)(=O)c1c(C)n[nH]c1C)CCC(=O)O. The average Bonchev–Trinajstić information content (AvgIpc) is 2.73. The highest BCUT2D eigenvalue weighted by molar-refractivity contribution is 7.89. The highest BCUT2D eigenvalue weighted by Crippen LogP contribution is 2.18. The third-order valence-electron chi connectivity index (χ3n) is 3.52. The molecule has 0 aromatic carbocycles. The summed E-state index contributed by atoms with van der Waals surface area (Å²) in [5.74, 6) is -0.617. The molecule has 0 aliphatic carbocycles. The van der Waals surface area contributed by atoms with Crippen LogP contribution in [0.15, 0.2) is 4.90 Å². The van der Waals surface area contributed by atoms with Crippen molar-refractivity contribution in [3.8, 4) is 0 Å². The molecule has 3 N–H and O–H groups in total. The number of nitrogens with zero attached hydrogens (tertiary/aromatic N) is 1. The molecule has 7 nitrogen and oxygen atoms in total. The number of hydrogen-bond donors (Lipinski definition) is 3. The molecule has 1 unspecified atom stereocenters. The third-order valence-corrected chi connectivity index (χ3v) is 5.24. The summed E-state index contributed by atoms with van der Waals surface area (Å²) in [6.07, 6.45) is 2.14. The fourth-order valence-electron chi connectivity index (χ4n) is 2.29. The van der Waals surface area contributed by atoms with Gasteiger partial charge in [-0.15, -0.1) is 0 Å². The van der Waals surface area contributed by atoms with Crippen molar-refractivity contribution in [3.63, 3.8) is 0 Å². The molecule has 0 aliphatic heterocycles. The van der Waals surface area contributed by atoms with Gasteiger partial charge in [-0.3, -0.25) is 9.89 Å². The van der Waals surface area contributed by atoms with E-state index in [9.17, 15) is 13.2 Å². The van der Waals surface area contributed by atoms with Crippen LogP contribution in [0, 0.1) is 19.8 Å². The molecule has 0 aliphatic rings. The number of nitrogens with one attached hydrogen (secondary N) is 2. The highest BCUT2D eigenvalue weighted by Gasteiger charge is 2.22. The highest BCUT2D eigenvalue weighted by atomic mass is 32.2. The summed E-state index contributed by atoms with van der Waals surface area (Å²) < 4.78 is 27.0. The van der Waals surface area contributed by atoms with Gasteiger partial charge in [-0.2, -0.15) is 5.10 Å². The minimum Gasteiger partial charge on any atom is -0.481 e. The number of H-pyrrole nitrogens is 1. The van der Waals surface area contributed by atoms with E-state index in [0.29, 0.717) is 30.8 Å². The molecule has 0 spiro atoms. The molecule has 0 saturated heterocycles. The number of sulfonamides is 1. The van der Waals surface area contributed by atoms with Crippen LogP contribution in [0.1, 0.15) is 44.0 Å². The zero-order valence-electron chi connectivity index (χ0n) is 12.6. The van der Waals surface area contributed by atoms with Crippen LogP contribution in [-0.2, 0) is 14.8 Å². The Kier molecular flexibility index (Phi) is 6.35. The Labute approximate surface area is 125 Å². The fraction of sp³-hybridized carbons (Fsp3) is 0.692. The Morgan fingerprint density at radius 3 is 2.52 bits per heavy atom. The number of hydrogen-bond acceptors (Lipinski definition) is 4. The molecule has 0 bridgehead atoms. The number of aromatic nitrogens is 2. The Balaban J connectivity index is 2.56. The first-order chi connectivity index (χ1) is 9.77. The van der Waals surface area contributed by atoms with E-state index in [-0.39, 0.29) is 17.2 Å². The van der Waals surface area contributed by atoms with Crippen molar-refractivity contribution in [1.29, 1.82) is 0 Å². The predicted molar refractivity (Wildman–Crippen MR) is 78.5 cm³/mol. The van der Waals surface area contributed by atoms with E-state index in [2.05, 4.69) is 14.9 Å². The second-order valence-corrected chi connectivity index (χ2v) is 6.86. The Morgan fingerprint density at radius 2 is 2.05 bits per heavy atom. The maximum Gasteiger partial charge on any atom is 0.303 e. The summed E-state index contributed by atoms with van der Waals surface area (Å²) in [6.45, 7) is 5.58. The van der Waals surface area contributed by atoms with E-state index in [1.54, 1.807) is 13.8 Å². The van der Waals surface area contributed by atoms with Crippen LogP contribution in [-0.4, -0.2) is 36.2 Å². The maximum absolute atomic E-state index is 12.2. The molecule has 1 heterocycles. The predicted octanol–water partition coefficient (Wildman–Crippen LogP) is 1.59. The molecular weight excluding hydrogens is 294 g/mol. The Bertz CT molecular complexity index is 561. The number of carboxylic acid groups (broad SMARTS) is 1. The Morgan fingerprint density at radius 1 is 1.38 bits per heavy atom. The summed E-state index contributed by atoms with van der Waals surface area (Å²) in [5, 5.41) is 15.2. The maximum atomic E-state index is 12.2. The molecule has 1 aromatic rings. The molecule has 1 rings (SSSR count). The molecule has 8 heteroatoms. The van der Waals surface area contributed by atoms with E-state index in [0.717, 1.165) is 6.42 Å². The molecule has 120 valence electrons. The van der Waals surface area contributed by atoms with E-state index < -0.39 is 16.0 Å². The lowest BCUT2D eigenvalue weighted by molar-refractivity contribution is -0.137. The molecule has 0 fully saturated rings. The van der Waals surface area contributed by atoms with Crippen LogP contribution in [0.2, 0.25) is 0 Å². The molecule has 0 saturated carbocycles. The van der Waals surface area contributed by atoms with Crippen LogP contribution >= 0.6 is 0 Å². The zero-order chi connectivity index (χ0) is 16.0. The van der Waals surface area contributed by atoms with E-state index in [1.165, 1.54) is 0 Å². The number of rotatable bonds is 9. The minimum absolute atomic E-state index is 0.116. The van der Waals surface area contributed by atoms with Gasteiger partial charge in [0.25, 0.3) is 0 Å². The summed E-state index contributed by atoms with van der Waals surface area (Å²) in [4.78, 5) is 10.8. The van der Waals surface area contributed by atoms with Crippen LogP contribution in [0.25, 0.3) is 0 Å². The van der Waals surface area contributed by atoms with Crippen molar-refractivity contribution in [2.75, 3.05) is 6.54 Å². The molecule has 0 radical (unpaired) electrons. The lowest BCUT2D eigenvalue weighted by atomic mass is 9.97. The van der Waals surface area contributed by atoms with Crippen molar-refractivity contribution in [3.05, 3.63) is 11.4 Å². The number of carboxylic acids is 1. The number of carbonyl (C=O) groups is 1. The van der Waals surface area contributed by atoms with Gasteiger partial charge in [0.2, 0.25) is 10.0 Å². The first-order valence-electron chi connectivity index (χ1n) is 7.01. The standard InChI is InChI=1S/C13H23N3O4S/c1-4-11(5-6-12(17)18)7-8-14-21(19,20)13-9(2)15-16-10(13)3/h11,14H,4-8H2,1-3H3,(H,15,16)(H,17,18). The van der Waals surface area contributed by atoms with Gasteiger partial charge < -0.3 is 5.11 Å². The van der Waals surface area contributed by atoms with Gasteiger partial charge in [-0.1, -0.05) is 13.3 Å². The van der Waals surface area contributed by atoms with Crippen molar-refractivity contribution >= 4 is 16.0 Å². The summed E-state index contributed by atoms with van der Waals surface area (Å²) >= 11 is 0. The first-order valence-corrected chi connectivity index (χ1v) is 8.49. The second kappa shape index (κ2) is 7.56. The van der Waals surface area contributed by atoms with Crippen molar-refractivity contribution in [2.24, 2.45) is 5.92 Å². The molecule has 0 amide bonds.